The van der Waals surface area contributed by atoms with Gasteiger partial charge in [-0.2, -0.15) is 0 Å². The first-order chi connectivity index (χ1) is 18.0. The third kappa shape index (κ3) is 5.95. The summed E-state index contributed by atoms with van der Waals surface area (Å²) in [5.74, 6) is -0.330. The molecule has 1 aliphatic heterocycles. The Bertz CT molecular complexity index is 1500. The Morgan fingerprint density at radius 1 is 0.816 bits per heavy atom. The molecule has 5 rings (SSSR count). The summed E-state index contributed by atoms with van der Waals surface area (Å²) < 4.78 is 5.49. The van der Waals surface area contributed by atoms with Crippen molar-refractivity contribution >= 4 is 23.5 Å². The number of amides is 1. The lowest BCUT2D eigenvalue weighted by molar-refractivity contribution is -0.116. The molecule has 4 aromatic rings. The first kappa shape index (κ1) is 26.3. The third-order valence-electron chi connectivity index (χ3n) is 6.20. The number of Topliss-reactive ketones (excluding diaryl/α,β-unsaturated/α-hetero) is 1. The summed E-state index contributed by atoms with van der Waals surface area (Å²) in [5, 5.41) is 12.2. The molecule has 1 aliphatic rings. The maximum absolute atomic E-state index is 12.8. The van der Waals surface area contributed by atoms with Crippen LogP contribution in [0.2, 0.25) is 0 Å². The molecular formula is C31H28N2O5. The Kier molecular flexibility index (Phi) is 7.97. The van der Waals surface area contributed by atoms with Crippen molar-refractivity contribution in [1.82, 2.24) is 4.98 Å². The van der Waals surface area contributed by atoms with Gasteiger partial charge in [0.15, 0.2) is 5.78 Å². The molecule has 2 N–H and O–H groups in total. The Labute approximate surface area is 221 Å². The van der Waals surface area contributed by atoms with Crippen molar-refractivity contribution in [3.8, 4) is 28.1 Å². The Morgan fingerprint density at radius 3 is 2.39 bits per heavy atom. The number of nitrogens with zero attached hydrogens (tertiary/aromatic N) is 1. The lowest BCUT2D eigenvalue weighted by atomic mass is 10.0. The van der Waals surface area contributed by atoms with Gasteiger partial charge in [-0.05, 0) is 59.2 Å². The van der Waals surface area contributed by atoms with E-state index in [0.717, 1.165) is 23.3 Å². The number of hydrogen-bond donors (Lipinski definition) is 2. The average molecular weight is 509 g/mol. The van der Waals surface area contributed by atoms with Crippen molar-refractivity contribution in [2.45, 2.75) is 26.7 Å². The van der Waals surface area contributed by atoms with Gasteiger partial charge in [-0.15, -0.1) is 0 Å². The van der Waals surface area contributed by atoms with E-state index in [2.05, 4.69) is 10.3 Å². The molecule has 0 aliphatic carbocycles. The highest BCUT2D eigenvalue weighted by Gasteiger charge is 2.17. The van der Waals surface area contributed by atoms with E-state index in [1.165, 1.54) is 6.07 Å². The monoisotopic (exact) mass is 508 g/mol. The molecule has 1 aromatic heterocycles. The number of carboxylic acids is 1. The van der Waals surface area contributed by atoms with Crippen LogP contribution in [0.5, 0.6) is 5.75 Å². The summed E-state index contributed by atoms with van der Waals surface area (Å²) >= 11 is 0. The van der Waals surface area contributed by atoms with Crippen molar-refractivity contribution in [1.29, 1.82) is 0 Å². The number of hydrogen-bond acceptors (Lipinski definition) is 5. The number of rotatable bonds is 8. The van der Waals surface area contributed by atoms with Crippen LogP contribution in [0, 0.1) is 0 Å². The Balaban J connectivity index is 0.00000336. The van der Waals surface area contributed by atoms with Gasteiger partial charge in [0.25, 0.3) is 0 Å². The molecule has 7 nitrogen and oxygen atoms in total. The number of carbonyl (C=O) groups is 3. The first-order valence-corrected chi connectivity index (χ1v) is 12.0. The maximum Gasteiger partial charge on any atom is 0.335 e. The van der Waals surface area contributed by atoms with Gasteiger partial charge >= 0.3 is 5.97 Å². The summed E-state index contributed by atoms with van der Waals surface area (Å²) in [5.41, 5.74) is 4.63. The highest BCUT2D eigenvalue weighted by molar-refractivity contribution is 6.00. The van der Waals surface area contributed by atoms with E-state index >= 15 is 0 Å². The second-order valence-corrected chi connectivity index (χ2v) is 8.77. The average Bonchev–Trinajstić information content (AvgIpc) is 3.40. The van der Waals surface area contributed by atoms with Gasteiger partial charge in [0.05, 0.1) is 17.9 Å². The highest BCUT2D eigenvalue weighted by Crippen LogP contribution is 2.29. The first-order valence-electron chi connectivity index (χ1n) is 12.0. The van der Waals surface area contributed by atoms with E-state index in [-0.39, 0.29) is 37.5 Å². The third-order valence-corrected chi connectivity index (χ3v) is 6.20. The normalized spacial score (nSPS) is 11.6. The second kappa shape index (κ2) is 11.5. The van der Waals surface area contributed by atoms with Crippen LogP contribution in [0.4, 0.5) is 5.82 Å². The van der Waals surface area contributed by atoms with Gasteiger partial charge in [0.2, 0.25) is 5.91 Å². The highest BCUT2D eigenvalue weighted by atomic mass is 16.5. The van der Waals surface area contributed by atoms with Crippen LogP contribution in [-0.4, -0.2) is 34.4 Å². The van der Waals surface area contributed by atoms with Crippen LogP contribution < -0.4 is 10.1 Å². The van der Waals surface area contributed by atoms with Crippen molar-refractivity contribution in [2.75, 3.05) is 11.9 Å². The summed E-state index contributed by atoms with van der Waals surface area (Å²) in [6.07, 6.45) is 0.850. The largest absolute Gasteiger partial charge is 0.493 e. The van der Waals surface area contributed by atoms with Gasteiger partial charge < -0.3 is 15.2 Å². The molecule has 3 aromatic carbocycles. The SMILES string of the molecule is C.O=C(CCC(=O)c1ccc2c(c1)CCO2)Nc1cc(-c2cccc(C(=O)O)c2)cc(-c2ccccc2)n1. The van der Waals surface area contributed by atoms with Gasteiger partial charge in [0.1, 0.15) is 11.6 Å². The predicted molar refractivity (Wildman–Crippen MR) is 147 cm³/mol. The summed E-state index contributed by atoms with van der Waals surface area (Å²) in [6, 6.07) is 25.0. The number of ether oxygens (including phenoxy) is 1. The molecule has 2 heterocycles. The molecule has 38 heavy (non-hydrogen) atoms. The summed E-state index contributed by atoms with van der Waals surface area (Å²) in [7, 11) is 0. The van der Waals surface area contributed by atoms with E-state index in [4.69, 9.17) is 4.74 Å². The lowest BCUT2D eigenvalue weighted by Gasteiger charge is -2.11. The van der Waals surface area contributed by atoms with Crippen molar-refractivity contribution in [2.24, 2.45) is 0 Å². The van der Waals surface area contributed by atoms with Crippen LogP contribution in [0.15, 0.2) is 84.9 Å². The molecule has 0 radical (unpaired) electrons. The van der Waals surface area contributed by atoms with Gasteiger partial charge in [-0.25, -0.2) is 9.78 Å². The quantitative estimate of drug-likeness (QED) is 0.271. The number of carboxylic acid groups (broad SMARTS) is 1. The smallest absolute Gasteiger partial charge is 0.335 e. The van der Waals surface area contributed by atoms with E-state index in [1.807, 2.05) is 48.5 Å². The van der Waals surface area contributed by atoms with Crippen LogP contribution in [0.25, 0.3) is 22.4 Å². The zero-order chi connectivity index (χ0) is 25.8. The predicted octanol–water partition coefficient (Wildman–Crippen LogP) is 6.29. The number of aromatic nitrogens is 1. The molecule has 1 amide bonds. The maximum atomic E-state index is 12.8. The fourth-order valence-electron chi connectivity index (χ4n) is 4.29. The zero-order valence-corrected chi connectivity index (χ0v) is 19.9. The number of anilines is 1. The minimum absolute atomic E-state index is 0. The number of aromatic carboxylic acids is 1. The fraction of sp³-hybridized carbons (Fsp3) is 0.161. The molecule has 0 bridgehead atoms. The lowest BCUT2D eigenvalue weighted by Crippen LogP contribution is -2.14. The molecule has 0 spiro atoms. The number of nitrogens with one attached hydrogen (secondary N) is 1. The van der Waals surface area contributed by atoms with Crippen molar-refractivity contribution < 1.29 is 24.2 Å². The van der Waals surface area contributed by atoms with Crippen molar-refractivity contribution in [3.63, 3.8) is 0 Å². The van der Waals surface area contributed by atoms with Crippen LogP contribution in [-0.2, 0) is 11.2 Å². The van der Waals surface area contributed by atoms with E-state index in [9.17, 15) is 19.5 Å². The van der Waals surface area contributed by atoms with E-state index in [1.54, 1.807) is 30.3 Å². The van der Waals surface area contributed by atoms with Crippen LogP contribution in [0.3, 0.4) is 0 Å². The number of benzene rings is 3. The molecule has 0 saturated heterocycles. The van der Waals surface area contributed by atoms with E-state index in [0.29, 0.717) is 34.8 Å². The second-order valence-electron chi connectivity index (χ2n) is 8.77. The van der Waals surface area contributed by atoms with Crippen LogP contribution in [0.1, 0.15) is 46.5 Å². The molecule has 0 atom stereocenters. The number of carbonyl (C=O) groups excluding carboxylic acids is 2. The standard InChI is InChI=1S/C30H24N2O5.CH4/c33-26(21-9-11-27-22(16-21)13-14-37-27)10-12-29(34)32-28-18-24(20-7-4-8-23(15-20)30(35)36)17-25(31-28)19-5-2-1-3-6-19;/h1-9,11,15-18H,10,12-14H2,(H,35,36)(H,31,32,34);1H4. The number of ketones is 1. The number of pyridine rings is 1. The van der Waals surface area contributed by atoms with Crippen LogP contribution >= 0.6 is 0 Å². The summed E-state index contributed by atoms with van der Waals surface area (Å²) in [6.45, 7) is 0.618. The number of fused-ring (bicyclic) bond motifs is 1. The minimum atomic E-state index is -1.02. The Hall–Kier alpha value is -4.78. The molecule has 192 valence electrons. The molecule has 0 fully saturated rings. The van der Waals surface area contributed by atoms with E-state index < -0.39 is 5.97 Å². The Morgan fingerprint density at radius 2 is 1.61 bits per heavy atom. The zero-order valence-electron chi connectivity index (χ0n) is 19.9. The van der Waals surface area contributed by atoms with Gasteiger partial charge in [0, 0.05) is 30.4 Å². The molecule has 0 saturated carbocycles. The van der Waals surface area contributed by atoms with Gasteiger partial charge in [-0.1, -0.05) is 49.9 Å². The topological polar surface area (TPSA) is 106 Å². The molecular weight excluding hydrogens is 480 g/mol. The summed E-state index contributed by atoms with van der Waals surface area (Å²) in [4.78, 5) is 41.5. The minimum Gasteiger partial charge on any atom is -0.493 e. The molecule has 7 heteroatoms. The van der Waals surface area contributed by atoms with Gasteiger partial charge in [-0.3, -0.25) is 9.59 Å². The molecule has 0 unspecified atom stereocenters. The fourth-order valence-corrected chi connectivity index (χ4v) is 4.29. The van der Waals surface area contributed by atoms with Crippen molar-refractivity contribution in [3.05, 3.63) is 102 Å².